The summed E-state index contributed by atoms with van der Waals surface area (Å²) in [7, 11) is 2.01. The minimum atomic E-state index is -2.94. The van der Waals surface area contributed by atoms with E-state index in [0.29, 0.717) is 0 Å². The first-order valence-electron chi connectivity index (χ1n) is 8.22. The minimum absolute atomic E-state index is 0.999. The molecule has 4 aromatic rings. The summed E-state index contributed by atoms with van der Waals surface area (Å²) in [6.07, 6.45) is 0. The number of hydrogen-bond donors (Lipinski definition) is 0. The summed E-state index contributed by atoms with van der Waals surface area (Å²) < 4.78 is 17.3. The van der Waals surface area contributed by atoms with Crippen LogP contribution in [0.1, 0.15) is 0 Å². The highest BCUT2D eigenvalue weighted by atomic mass is 28.4. The van der Waals surface area contributed by atoms with Gasteiger partial charge < -0.3 is 13.3 Å². The van der Waals surface area contributed by atoms with Crippen LogP contribution in [0.5, 0.6) is 0 Å². The second-order valence-corrected chi connectivity index (χ2v) is 8.93. The van der Waals surface area contributed by atoms with Crippen molar-refractivity contribution in [1.82, 2.24) is 0 Å². The van der Waals surface area contributed by atoms with E-state index < -0.39 is 8.80 Å². The van der Waals surface area contributed by atoms with Gasteiger partial charge in [-0.25, -0.2) is 0 Å². The molecule has 0 unspecified atom stereocenters. The van der Waals surface area contributed by atoms with Crippen LogP contribution in [0.3, 0.4) is 0 Å². The van der Waals surface area contributed by atoms with Gasteiger partial charge in [-0.15, -0.1) is 0 Å². The Balaban J connectivity index is 2.17. The molecule has 0 atom stereocenters. The van der Waals surface area contributed by atoms with Crippen molar-refractivity contribution in [2.75, 3.05) is 21.3 Å². The standard InChI is InChI=1S/C21H20O3Si/c1-22-25(23-2,24-3)21-14-17-12-15-8-4-5-9-16(15)13-20(17)18-10-6-7-11-19(18)21/h4-14H,1-3H3. The predicted octanol–water partition coefficient (Wildman–Crippen LogP) is 4.23. The lowest BCUT2D eigenvalue weighted by atomic mass is 9.98. The smallest absolute Gasteiger partial charge is 0.373 e. The summed E-state index contributed by atoms with van der Waals surface area (Å²) in [5.41, 5.74) is 0. The van der Waals surface area contributed by atoms with Crippen LogP contribution in [-0.4, -0.2) is 30.1 Å². The van der Waals surface area contributed by atoms with Crippen LogP contribution in [0, 0.1) is 0 Å². The maximum absolute atomic E-state index is 5.76. The molecule has 4 heteroatoms. The molecule has 0 saturated carbocycles. The molecular weight excluding hydrogens is 328 g/mol. The van der Waals surface area contributed by atoms with Gasteiger partial charge in [-0.3, -0.25) is 0 Å². The summed E-state index contributed by atoms with van der Waals surface area (Å²) in [4.78, 5) is 0. The maximum Gasteiger partial charge on any atom is 0.537 e. The van der Waals surface area contributed by atoms with E-state index in [2.05, 4.69) is 60.7 Å². The summed E-state index contributed by atoms with van der Waals surface area (Å²) in [5, 5.41) is 8.14. The molecular formula is C21H20O3Si. The fraction of sp³-hybridized carbons (Fsp3) is 0.143. The highest BCUT2D eigenvalue weighted by Gasteiger charge is 2.42. The summed E-state index contributed by atoms with van der Waals surface area (Å²) in [6, 6.07) is 23.4. The third-order valence-corrected chi connectivity index (χ3v) is 7.55. The zero-order chi connectivity index (χ0) is 17.4. The average Bonchev–Trinajstić information content (AvgIpc) is 2.68. The van der Waals surface area contributed by atoms with Crippen LogP contribution in [0.4, 0.5) is 0 Å². The third-order valence-electron chi connectivity index (χ3n) is 4.86. The van der Waals surface area contributed by atoms with Crippen molar-refractivity contribution in [1.29, 1.82) is 0 Å². The maximum atomic E-state index is 5.76. The Bertz CT molecular complexity index is 1060. The van der Waals surface area contributed by atoms with Gasteiger partial charge in [0.05, 0.1) is 0 Å². The Hall–Kier alpha value is -2.24. The number of fused-ring (bicyclic) bond motifs is 4. The lowest BCUT2D eigenvalue weighted by molar-refractivity contribution is 0.141. The van der Waals surface area contributed by atoms with E-state index >= 15 is 0 Å². The van der Waals surface area contributed by atoms with Crippen LogP contribution >= 0.6 is 0 Å². The summed E-state index contributed by atoms with van der Waals surface area (Å²) >= 11 is 0. The SMILES string of the molecule is CO[Si](OC)(OC)c1cc2cc3ccccc3cc2c2ccccc12. The second-order valence-electron chi connectivity index (χ2n) is 6.06. The van der Waals surface area contributed by atoms with Crippen molar-refractivity contribution in [3.63, 3.8) is 0 Å². The molecule has 0 aliphatic carbocycles. The predicted molar refractivity (Wildman–Crippen MR) is 105 cm³/mol. The van der Waals surface area contributed by atoms with Crippen LogP contribution in [0.25, 0.3) is 32.3 Å². The van der Waals surface area contributed by atoms with E-state index in [9.17, 15) is 0 Å². The van der Waals surface area contributed by atoms with E-state index in [1.807, 2.05) is 6.07 Å². The number of rotatable bonds is 4. The lowest BCUT2D eigenvalue weighted by Crippen LogP contribution is -2.54. The van der Waals surface area contributed by atoms with Crippen molar-refractivity contribution < 1.29 is 13.3 Å². The van der Waals surface area contributed by atoms with E-state index in [4.69, 9.17) is 13.3 Å². The van der Waals surface area contributed by atoms with Crippen molar-refractivity contribution in [2.24, 2.45) is 0 Å². The number of hydrogen-bond acceptors (Lipinski definition) is 3. The summed E-state index contributed by atoms with van der Waals surface area (Å²) in [6.45, 7) is 0. The Morgan fingerprint density at radius 1 is 0.560 bits per heavy atom. The van der Waals surface area contributed by atoms with Crippen LogP contribution in [-0.2, 0) is 13.3 Å². The van der Waals surface area contributed by atoms with E-state index in [-0.39, 0.29) is 0 Å². The molecule has 4 rings (SSSR count). The first-order chi connectivity index (χ1) is 12.2. The molecule has 0 saturated heterocycles. The quantitative estimate of drug-likeness (QED) is 0.314. The van der Waals surface area contributed by atoms with E-state index in [1.54, 1.807) is 21.3 Å². The van der Waals surface area contributed by atoms with Crippen LogP contribution < -0.4 is 5.19 Å². The lowest BCUT2D eigenvalue weighted by Gasteiger charge is -2.26. The fourth-order valence-electron chi connectivity index (χ4n) is 3.63. The average molecular weight is 348 g/mol. The molecule has 0 N–H and O–H groups in total. The molecule has 0 heterocycles. The van der Waals surface area contributed by atoms with Gasteiger partial charge in [0.15, 0.2) is 0 Å². The molecule has 0 spiro atoms. The van der Waals surface area contributed by atoms with Crippen LogP contribution in [0.2, 0.25) is 0 Å². The molecule has 25 heavy (non-hydrogen) atoms. The zero-order valence-electron chi connectivity index (χ0n) is 14.6. The van der Waals surface area contributed by atoms with Gasteiger partial charge in [0.2, 0.25) is 0 Å². The highest BCUT2D eigenvalue weighted by molar-refractivity contribution is 6.78. The first-order valence-corrected chi connectivity index (χ1v) is 9.95. The molecule has 3 nitrogen and oxygen atoms in total. The molecule has 0 radical (unpaired) electrons. The first kappa shape index (κ1) is 16.2. The molecule has 126 valence electrons. The van der Waals surface area contributed by atoms with Gasteiger partial charge in [-0.1, -0.05) is 48.5 Å². The molecule has 4 aromatic carbocycles. The molecule has 0 amide bonds. The van der Waals surface area contributed by atoms with Gasteiger partial charge in [-0.2, -0.15) is 0 Å². The molecule has 0 aliphatic heterocycles. The normalized spacial score (nSPS) is 12.3. The largest absolute Gasteiger partial charge is 0.537 e. The monoisotopic (exact) mass is 348 g/mol. The molecule has 0 aliphatic rings. The second kappa shape index (κ2) is 6.24. The molecule has 0 fully saturated rings. The Morgan fingerprint density at radius 2 is 1.12 bits per heavy atom. The van der Waals surface area contributed by atoms with Crippen LogP contribution in [0.15, 0.2) is 66.7 Å². The number of benzene rings is 4. The molecule has 0 bridgehead atoms. The van der Waals surface area contributed by atoms with Crippen molar-refractivity contribution >= 4 is 46.3 Å². The van der Waals surface area contributed by atoms with Gasteiger partial charge in [0.1, 0.15) is 0 Å². The zero-order valence-corrected chi connectivity index (χ0v) is 15.6. The van der Waals surface area contributed by atoms with Crippen molar-refractivity contribution in [3.8, 4) is 0 Å². The summed E-state index contributed by atoms with van der Waals surface area (Å²) in [5.74, 6) is 0. The minimum Gasteiger partial charge on any atom is -0.373 e. The van der Waals surface area contributed by atoms with Crippen molar-refractivity contribution in [3.05, 3.63) is 66.7 Å². The highest BCUT2D eigenvalue weighted by Crippen LogP contribution is 2.30. The van der Waals surface area contributed by atoms with Gasteiger partial charge >= 0.3 is 8.80 Å². The van der Waals surface area contributed by atoms with Gasteiger partial charge in [-0.05, 0) is 50.5 Å². The Morgan fingerprint density at radius 3 is 1.76 bits per heavy atom. The van der Waals surface area contributed by atoms with Gasteiger partial charge in [0.25, 0.3) is 0 Å². The molecule has 0 aromatic heterocycles. The van der Waals surface area contributed by atoms with E-state index in [1.165, 1.54) is 21.5 Å². The fourth-order valence-corrected chi connectivity index (χ4v) is 5.67. The Labute approximate surface area is 148 Å². The Kier molecular flexibility index (Phi) is 4.05. The topological polar surface area (TPSA) is 27.7 Å². The van der Waals surface area contributed by atoms with Crippen molar-refractivity contribution in [2.45, 2.75) is 0 Å². The third kappa shape index (κ3) is 2.46. The van der Waals surface area contributed by atoms with E-state index in [0.717, 1.165) is 16.0 Å². The van der Waals surface area contributed by atoms with Gasteiger partial charge in [0, 0.05) is 26.5 Å².